The van der Waals surface area contributed by atoms with E-state index in [4.69, 9.17) is 15.1 Å². The molecule has 19 heavy (non-hydrogen) atoms. The first-order valence-electron chi connectivity index (χ1n) is 6.03. The fourth-order valence-electron chi connectivity index (χ4n) is 2.14. The fourth-order valence-corrected chi connectivity index (χ4v) is 2.14. The normalized spacial score (nSPS) is 28.4. The molecule has 0 aromatic carbocycles. The highest BCUT2D eigenvalue weighted by Crippen LogP contribution is 2.29. The lowest BCUT2D eigenvalue weighted by Crippen LogP contribution is -2.28. The minimum atomic E-state index is -1.26. The van der Waals surface area contributed by atoms with Gasteiger partial charge in [0.05, 0.1) is 0 Å². The number of oxime groups is 1. The molecule has 2 saturated heterocycles. The molecule has 106 valence electrons. The van der Waals surface area contributed by atoms with E-state index >= 15 is 0 Å². The van der Waals surface area contributed by atoms with E-state index in [0.717, 1.165) is 12.5 Å². The van der Waals surface area contributed by atoms with Crippen LogP contribution in [0.3, 0.4) is 0 Å². The number of hydrogen-bond acceptors (Lipinski definition) is 5. The third-order valence-corrected chi connectivity index (χ3v) is 2.94. The van der Waals surface area contributed by atoms with Crippen LogP contribution >= 0.6 is 0 Å². The molecule has 3 atom stereocenters. The summed E-state index contributed by atoms with van der Waals surface area (Å²) < 4.78 is 0. The van der Waals surface area contributed by atoms with Crippen molar-refractivity contribution < 1.29 is 24.6 Å². The first kappa shape index (κ1) is 15.2. The van der Waals surface area contributed by atoms with Gasteiger partial charge in [0.25, 0.3) is 0 Å². The van der Waals surface area contributed by atoms with E-state index in [1.807, 2.05) is 6.92 Å². The molecule has 0 amide bonds. The number of aliphatic carboxylic acids is 2. The van der Waals surface area contributed by atoms with Crippen molar-refractivity contribution in [3.8, 4) is 0 Å². The molecule has 2 aliphatic heterocycles. The van der Waals surface area contributed by atoms with Gasteiger partial charge >= 0.3 is 11.9 Å². The second-order valence-electron chi connectivity index (χ2n) is 4.33. The Morgan fingerprint density at radius 3 is 2.26 bits per heavy atom. The standard InChI is InChI=1S/C8H14N2O.C4H4O4/c1-2-9-11-8-6-10-4-3-7(8)5-10;5-3(6)1-2-4(7)8/h2,7-8H,3-6H2,1H3;1-2H,(H,5,6)(H,7,8)/b;2-1+. The Morgan fingerprint density at radius 2 is 1.89 bits per heavy atom. The third kappa shape index (κ3) is 5.52. The molecule has 0 aliphatic carbocycles. The van der Waals surface area contributed by atoms with Crippen molar-refractivity contribution in [2.75, 3.05) is 19.6 Å². The average molecular weight is 270 g/mol. The predicted octanol–water partition coefficient (Wildman–Crippen LogP) is 0.425. The lowest BCUT2D eigenvalue weighted by molar-refractivity contribution is -0.134. The molecule has 2 N–H and O–H groups in total. The van der Waals surface area contributed by atoms with Gasteiger partial charge < -0.3 is 15.1 Å². The molecule has 2 fully saturated rings. The van der Waals surface area contributed by atoms with Crippen LogP contribution in [0.2, 0.25) is 0 Å². The summed E-state index contributed by atoms with van der Waals surface area (Å²) in [5.41, 5.74) is 0. The van der Waals surface area contributed by atoms with Gasteiger partial charge in [0.15, 0.2) is 0 Å². The summed E-state index contributed by atoms with van der Waals surface area (Å²) in [5, 5.41) is 19.4. The van der Waals surface area contributed by atoms with Gasteiger partial charge in [0, 0.05) is 37.4 Å². The van der Waals surface area contributed by atoms with Gasteiger partial charge in [0.2, 0.25) is 0 Å². The number of carboxylic acid groups (broad SMARTS) is 2. The van der Waals surface area contributed by atoms with Gasteiger partial charge in [-0.25, -0.2) is 9.59 Å². The molecular formula is C12H18N2O5. The lowest BCUT2D eigenvalue weighted by Gasteiger charge is -2.19. The molecule has 3 unspecified atom stereocenters. The Balaban J connectivity index is 0.000000203. The topological polar surface area (TPSA) is 99.4 Å². The summed E-state index contributed by atoms with van der Waals surface area (Å²) in [6.07, 6.45) is 4.50. The number of hydrogen-bond donors (Lipinski definition) is 2. The smallest absolute Gasteiger partial charge is 0.328 e. The highest BCUT2D eigenvalue weighted by molar-refractivity contribution is 5.89. The van der Waals surface area contributed by atoms with Gasteiger partial charge in [-0.05, 0) is 19.9 Å². The molecule has 2 bridgehead atoms. The van der Waals surface area contributed by atoms with Gasteiger partial charge in [-0.15, -0.1) is 0 Å². The summed E-state index contributed by atoms with van der Waals surface area (Å²) in [7, 11) is 0. The van der Waals surface area contributed by atoms with Gasteiger partial charge in [-0.3, -0.25) is 4.90 Å². The molecule has 2 aliphatic rings. The van der Waals surface area contributed by atoms with E-state index in [2.05, 4.69) is 10.1 Å². The van der Waals surface area contributed by atoms with Crippen LogP contribution in [0, 0.1) is 5.92 Å². The molecule has 7 heteroatoms. The van der Waals surface area contributed by atoms with E-state index in [1.54, 1.807) is 6.21 Å². The van der Waals surface area contributed by atoms with Crippen LogP contribution in [0.15, 0.2) is 17.3 Å². The van der Waals surface area contributed by atoms with Crippen molar-refractivity contribution in [1.29, 1.82) is 0 Å². The maximum atomic E-state index is 9.55. The molecule has 0 aromatic rings. The van der Waals surface area contributed by atoms with Gasteiger partial charge in [-0.2, -0.15) is 0 Å². The summed E-state index contributed by atoms with van der Waals surface area (Å²) in [6, 6.07) is 0. The van der Waals surface area contributed by atoms with Gasteiger partial charge in [0.1, 0.15) is 6.10 Å². The van der Waals surface area contributed by atoms with Crippen LogP contribution in [-0.4, -0.2) is 59.0 Å². The number of fused-ring (bicyclic) bond motifs is 2. The van der Waals surface area contributed by atoms with Gasteiger partial charge in [-0.1, -0.05) is 5.16 Å². The molecule has 0 saturated carbocycles. The molecular weight excluding hydrogens is 252 g/mol. The Morgan fingerprint density at radius 1 is 1.26 bits per heavy atom. The van der Waals surface area contributed by atoms with Crippen LogP contribution < -0.4 is 0 Å². The highest BCUT2D eigenvalue weighted by atomic mass is 16.6. The summed E-state index contributed by atoms with van der Waals surface area (Å²) >= 11 is 0. The Kier molecular flexibility index (Phi) is 6.01. The van der Waals surface area contributed by atoms with E-state index < -0.39 is 11.9 Å². The predicted molar refractivity (Wildman–Crippen MR) is 68.0 cm³/mol. The van der Waals surface area contributed by atoms with E-state index in [0.29, 0.717) is 18.3 Å². The molecule has 0 aromatic heterocycles. The largest absolute Gasteiger partial charge is 0.478 e. The lowest BCUT2D eigenvalue weighted by atomic mass is 10.0. The van der Waals surface area contributed by atoms with E-state index in [-0.39, 0.29) is 0 Å². The van der Waals surface area contributed by atoms with E-state index in [9.17, 15) is 9.59 Å². The van der Waals surface area contributed by atoms with Crippen molar-refractivity contribution in [1.82, 2.24) is 4.90 Å². The maximum absolute atomic E-state index is 9.55. The van der Waals surface area contributed by atoms with Crippen molar-refractivity contribution in [3.63, 3.8) is 0 Å². The minimum Gasteiger partial charge on any atom is -0.478 e. The molecule has 0 radical (unpaired) electrons. The molecule has 0 spiro atoms. The first-order valence-corrected chi connectivity index (χ1v) is 6.03. The number of nitrogens with zero attached hydrogens (tertiary/aromatic N) is 2. The van der Waals surface area contributed by atoms with Crippen LogP contribution in [0.4, 0.5) is 0 Å². The summed E-state index contributed by atoms with van der Waals surface area (Å²) in [6.45, 7) is 5.46. The Hall–Kier alpha value is -1.89. The maximum Gasteiger partial charge on any atom is 0.328 e. The number of rotatable bonds is 4. The summed E-state index contributed by atoms with van der Waals surface area (Å²) in [4.78, 5) is 26.9. The van der Waals surface area contributed by atoms with E-state index in [1.165, 1.54) is 19.5 Å². The number of carbonyl (C=O) groups is 2. The Labute approximate surface area is 111 Å². The van der Waals surface area contributed by atoms with Crippen molar-refractivity contribution >= 4 is 18.2 Å². The average Bonchev–Trinajstić information content (AvgIpc) is 2.96. The van der Waals surface area contributed by atoms with Crippen molar-refractivity contribution in [2.24, 2.45) is 11.1 Å². The zero-order chi connectivity index (χ0) is 14.3. The highest BCUT2D eigenvalue weighted by Gasteiger charge is 2.39. The monoisotopic (exact) mass is 270 g/mol. The summed E-state index contributed by atoms with van der Waals surface area (Å²) in [5.74, 6) is -1.77. The molecule has 2 rings (SSSR count). The van der Waals surface area contributed by atoms with Crippen LogP contribution in [0.5, 0.6) is 0 Å². The fraction of sp³-hybridized carbons (Fsp3) is 0.583. The van der Waals surface area contributed by atoms with Crippen LogP contribution in [0.25, 0.3) is 0 Å². The zero-order valence-corrected chi connectivity index (χ0v) is 10.7. The molecule has 2 heterocycles. The van der Waals surface area contributed by atoms with Crippen LogP contribution in [-0.2, 0) is 14.4 Å². The quantitative estimate of drug-likeness (QED) is 0.436. The van der Waals surface area contributed by atoms with Crippen LogP contribution in [0.1, 0.15) is 13.3 Å². The number of piperidine rings is 1. The zero-order valence-electron chi connectivity index (χ0n) is 10.7. The Bertz CT molecular complexity index is 364. The van der Waals surface area contributed by atoms with Crippen molar-refractivity contribution in [2.45, 2.75) is 19.4 Å². The third-order valence-electron chi connectivity index (χ3n) is 2.94. The number of carboxylic acids is 2. The van der Waals surface area contributed by atoms with Crippen molar-refractivity contribution in [3.05, 3.63) is 12.2 Å². The molecule has 7 nitrogen and oxygen atoms in total. The minimum absolute atomic E-state index is 0.375. The second-order valence-corrected chi connectivity index (χ2v) is 4.33. The second kappa shape index (κ2) is 7.52. The first-order chi connectivity index (χ1) is 9.02. The SMILES string of the molecule is CC=NOC1CN2CCC1C2.O=C(O)/C=C/C(=O)O.